The summed E-state index contributed by atoms with van der Waals surface area (Å²) in [5, 5.41) is 7.42. The van der Waals surface area contributed by atoms with Gasteiger partial charge in [0, 0.05) is 0 Å². The van der Waals surface area contributed by atoms with Crippen molar-refractivity contribution in [3.8, 4) is 0 Å². The maximum atomic E-state index is 11.7. The van der Waals surface area contributed by atoms with Gasteiger partial charge in [0.25, 0.3) is 0 Å². The van der Waals surface area contributed by atoms with Crippen LogP contribution < -0.4 is 0 Å². The summed E-state index contributed by atoms with van der Waals surface area (Å²) >= 11 is 8.04. The molecule has 0 bridgehead atoms. The third-order valence-corrected chi connectivity index (χ3v) is 5.57. The van der Waals surface area contributed by atoms with Crippen molar-refractivity contribution in [2.45, 2.75) is 18.1 Å². The predicted molar refractivity (Wildman–Crippen MR) is 76.7 cm³/mol. The van der Waals surface area contributed by atoms with Crippen molar-refractivity contribution in [2.75, 3.05) is 0 Å². The average Bonchev–Trinajstić information content (AvgIpc) is 2.29. The van der Waals surface area contributed by atoms with E-state index in [1.807, 2.05) is 30.3 Å². The van der Waals surface area contributed by atoms with Crippen molar-refractivity contribution in [1.29, 1.82) is 0 Å². The average molecular weight is 304 g/mol. The first kappa shape index (κ1) is 15.1. The van der Waals surface area contributed by atoms with Crippen LogP contribution in [-0.2, 0) is 21.1 Å². The Hall–Kier alpha value is -0.920. The van der Waals surface area contributed by atoms with Crippen molar-refractivity contribution in [2.24, 2.45) is 0 Å². The van der Waals surface area contributed by atoms with Gasteiger partial charge in [0.15, 0.2) is 8.78 Å². The summed E-state index contributed by atoms with van der Waals surface area (Å²) in [6, 6.07) is 9.07. The number of carboxylic acids is 1. The van der Waals surface area contributed by atoms with Crippen molar-refractivity contribution < 1.29 is 18.3 Å². The first-order valence-electron chi connectivity index (χ1n) is 5.09. The van der Waals surface area contributed by atoms with Gasteiger partial charge in [0.1, 0.15) is 0 Å². The van der Waals surface area contributed by atoms with E-state index in [1.165, 1.54) is 0 Å². The molecule has 1 atom stereocenters. The van der Waals surface area contributed by atoms with Crippen LogP contribution in [0, 0.1) is 0 Å². The Kier molecular flexibility index (Phi) is 5.30. The third-order valence-electron chi connectivity index (χ3n) is 2.43. The van der Waals surface area contributed by atoms with Crippen LogP contribution in [0.4, 0.5) is 0 Å². The second kappa shape index (κ2) is 6.31. The summed E-state index contributed by atoms with van der Waals surface area (Å²) in [7, 11) is -4.01. The van der Waals surface area contributed by atoms with Crippen molar-refractivity contribution in [3.63, 3.8) is 0 Å². The summed E-state index contributed by atoms with van der Waals surface area (Å²) in [4.78, 5) is 11.0. The van der Waals surface area contributed by atoms with Gasteiger partial charge in [-0.15, -0.1) is 12.6 Å². The number of thiol groups is 1. The molecule has 1 unspecified atom stereocenters. The lowest BCUT2D eigenvalue weighted by atomic mass is 10.1. The van der Waals surface area contributed by atoms with Gasteiger partial charge in [0.2, 0.25) is 9.84 Å². The van der Waals surface area contributed by atoms with E-state index in [9.17, 15) is 13.2 Å². The number of thiocarbonyl (C=S) groups is 1. The first-order valence-corrected chi connectivity index (χ1v) is 7.49. The van der Waals surface area contributed by atoms with Crippen LogP contribution >= 0.6 is 24.8 Å². The maximum absolute atomic E-state index is 11.7. The van der Waals surface area contributed by atoms with Crippen LogP contribution in [0.15, 0.2) is 30.3 Å². The Morgan fingerprint density at radius 2 is 1.89 bits per heavy atom. The highest BCUT2D eigenvalue weighted by molar-refractivity contribution is 8.38. The van der Waals surface area contributed by atoms with Gasteiger partial charge in [0.05, 0.1) is 0 Å². The SMILES string of the molecule is O=C(O)C(CCc1ccccc1)S(=O)(=O)C(=S)S. The molecule has 7 heteroatoms. The Bertz CT molecular complexity index is 537. The van der Waals surface area contributed by atoms with E-state index in [0.29, 0.717) is 6.42 Å². The molecule has 0 amide bonds. The molecule has 0 saturated carbocycles. The quantitative estimate of drug-likeness (QED) is 0.640. The number of aliphatic carboxylic acids is 1. The summed E-state index contributed by atoms with van der Waals surface area (Å²) in [6.07, 6.45) is 0.329. The van der Waals surface area contributed by atoms with Gasteiger partial charge in [-0.25, -0.2) is 8.42 Å². The number of hydrogen-bond acceptors (Lipinski definition) is 4. The third kappa shape index (κ3) is 3.79. The van der Waals surface area contributed by atoms with Gasteiger partial charge >= 0.3 is 5.97 Å². The molecule has 0 radical (unpaired) electrons. The van der Waals surface area contributed by atoms with Crippen LogP contribution in [0.25, 0.3) is 0 Å². The van der Waals surface area contributed by atoms with E-state index in [2.05, 4.69) is 24.8 Å². The molecule has 0 spiro atoms. The molecule has 0 aliphatic rings. The molecule has 0 saturated heterocycles. The second-order valence-corrected chi connectivity index (χ2v) is 7.45. The van der Waals surface area contributed by atoms with Crippen molar-refractivity contribution >= 4 is 44.2 Å². The minimum Gasteiger partial charge on any atom is -0.480 e. The van der Waals surface area contributed by atoms with E-state index in [-0.39, 0.29) is 6.42 Å². The van der Waals surface area contributed by atoms with E-state index in [4.69, 9.17) is 5.11 Å². The second-order valence-electron chi connectivity index (χ2n) is 3.66. The van der Waals surface area contributed by atoms with Crippen LogP contribution in [0.5, 0.6) is 0 Å². The fourth-order valence-corrected chi connectivity index (χ4v) is 3.14. The topological polar surface area (TPSA) is 71.4 Å². The number of carbonyl (C=O) groups is 1. The zero-order chi connectivity index (χ0) is 13.8. The minimum atomic E-state index is -4.01. The first-order chi connectivity index (χ1) is 8.35. The lowest BCUT2D eigenvalue weighted by molar-refractivity contribution is -0.136. The molecule has 18 heavy (non-hydrogen) atoms. The minimum absolute atomic E-state index is 0.0254. The summed E-state index contributed by atoms with van der Waals surface area (Å²) < 4.78 is 22.8. The Morgan fingerprint density at radius 3 is 2.33 bits per heavy atom. The predicted octanol–water partition coefficient (Wildman–Crippen LogP) is 1.70. The number of aryl methyl sites for hydroxylation is 1. The van der Waals surface area contributed by atoms with Gasteiger partial charge in [-0.05, 0) is 18.4 Å². The molecule has 0 aliphatic carbocycles. The molecular formula is C11H12O4S3. The highest BCUT2D eigenvalue weighted by Gasteiger charge is 2.34. The number of benzene rings is 1. The molecule has 0 heterocycles. The lowest BCUT2D eigenvalue weighted by Gasteiger charge is -2.11. The highest BCUT2D eigenvalue weighted by atomic mass is 32.3. The van der Waals surface area contributed by atoms with Crippen LogP contribution in [0.2, 0.25) is 0 Å². The van der Waals surface area contributed by atoms with Crippen LogP contribution in [-0.4, -0.2) is 28.3 Å². The normalized spacial score (nSPS) is 12.9. The maximum Gasteiger partial charge on any atom is 0.322 e. The Labute approximate surface area is 116 Å². The molecule has 4 nitrogen and oxygen atoms in total. The molecule has 1 aromatic rings. The van der Waals surface area contributed by atoms with Gasteiger partial charge in [-0.1, -0.05) is 42.5 Å². The zero-order valence-corrected chi connectivity index (χ0v) is 11.8. The van der Waals surface area contributed by atoms with E-state index in [1.54, 1.807) is 0 Å². The summed E-state index contributed by atoms with van der Waals surface area (Å²) in [6.45, 7) is 0. The molecule has 1 N–H and O–H groups in total. The molecular weight excluding hydrogens is 292 g/mol. The highest BCUT2D eigenvalue weighted by Crippen LogP contribution is 2.15. The Balaban J connectivity index is 2.84. The lowest BCUT2D eigenvalue weighted by Crippen LogP contribution is -2.33. The summed E-state index contributed by atoms with van der Waals surface area (Å²) in [5.74, 6) is -1.40. The fraction of sp³-hybridized carbons (Fsp3) is 0.273. The number of rotatable bonds is 5. The fourth-order valence-electron chi connectivity index (χ4n) is 1.48. The standard InChI is InChI=1S/C11H12O4S3/c12-10(13)9(18(14,15)11(16)17)7-6-8-4-2-1-3-5-8/h1-5,9H,6-7H2,(H,12,13)(H,16,17). The van der Waals surface area contributed by atoms with Crippen LogP contribution in [0.3, 0.4) is 0 Å². The molecule has 1 rings (SSSR count). The van der Waals surface area contributed by atoms with Gasteiger partial charge < -0.3 is 5.11 Å². The molecule has 0 aromatic heterocycles. The Morgan fingerprint density at radius 1 is 1.33 bits per heavy atom. The van der Waals surface area contributed by atoms with E-state index in [0.717, 1.165) is 5.56 Å². The van der Waals surface area contributed by atoms with E-state index >= 15 is 0 Å². The monoisotopic (exact) mass is 304 g/mol. The van der Waals surface area contributed by atoms with Crippen LogP contribution in [0.1, 0.15) is 12.0 Å². The van der Waals surface area contributed by atoms with Gasteiger partial charge in [-0.2, -0.15) is 0 Å². The van der Waals surface area contributed by atoms with E-state index < -0.39 is 24.6 Å². The molecule has 1 aromatic carbocycles. The summed E-state index contributed by atoms with van der Waals surface area (Å²) in [5.41, 5.74) is 0.879. The molecule has 0 aliphatic heterocycles. The largest absolute Gasteiger partial charge is 0.480 e. The molecule has 0 fully saturated rings. The number of sulfone groups is 1. The van der Waals surface area contributed by atoms with Crippen molar-refractivity contribution in [3.05, 3.63) is 35.9 Å². The zero-order valence-electron chi connectivity index (χ0n) is 9.31. The molecule has 98 valence electrons. The smallest absolute Gasteiger partial charge is 0.322 e. The number of carboxylic acid groups (broad SMARTS) is 1. The van der Waals surface area contributed by atoms with Crippen molar-refractivity contribution in [1.82, 2.24) is 0 Å². The van der Waals surface area contributed by atoms with Gasteiger partial charge in [-0.3, -0.25) is 4.79 Å². The number of hydrogen-bond donors (Lipinski definition) is 2.